The molecule has 2 aliphatic rings. The Hall–Kier alpha value is -2.51. The van der Waals surface area contributed by atoms with Crippen molar-refractivity contribution < 1.29 is 32.9 Å². The molecule has 0 aromatic carbocycles. The van der Waals surface area contributed by atoms with E-state index in [9.17, 15) is 14.5 Å². The third-order valence-electron chi connectivity index (χ3n) is 5.80. The first-order chi connectivity index (χ1) is 15.4. The first-order valence-corrected chi connectivity index (χ1v) is 11.4. The van der Waals surface area contributed by atoms with Gasteiger partial charge < -0.3 is 25.2 Å². The number of alkyl halides is 1. The van der Waals surface area contributed by atoms with Crippen molar-refractivity contribution in [1.82, 2.24) is 24.6 Å². The minimum Gasteiger partial charge on any atom is -0.465 e. The number of aromatic nitrogens is 4. The summed E-state index contributed by atoms with van der Waals surface area (Å²) in [7, 11) is 0.896. The van der Waals surface area contributed by atoms with E-state index in [1.54, 1.807) is 25.9 Å². The molecule has 0 bridgehead atoms. The van der Waals surface area contributed by atoms with Gasteiger partial charge in [0.05, 0.1) is 12.9 Å². The fourth-order valence-corrected chi connectivity index (χ4v) is 4.95. The van der Waals surface area contributed by atoms with Crippen molar-refractivity contribution in [3.63, 3.8) is 0 Å². The van der Waals surface area contributed by atoms with Crippen LogP contribution >= 0.6 is 8.18 Å². The van der Waals surface area contributed by atoms with Crippen molar-refractivity contribution in [3.8, 4) is 0 Å². The highest BCUT2D eigenvalue weighted by Crippen LogP contribution is 2.64. The number of halogens is 1. The highest BCUT2D eigenvalue weighted by atomic mass is 31.1. The second-order valence-electron chi connectivity index (χ2n) is 8.32. The van der Waals surface area contributed by atoms with E-state index in [-0.39, 0.29) is 18.2 Å². The molecule has 2 aromatic heterocycles. The van der Waals surface area contributed by atoms with E-state index in [0.717, 1.165) is 6.92 Å². The van der Waals surface area contributed by atoms with Gasteiger partial charge in [-0.1, -0.05) is 5.09 Å². The zero-order valence-corrected chi connectivity index (χ0v) is 19.6. The third kappa shape index (κ3) is 3.62. The first kappa shape index (κ1) is 23.6. The quantitative estimate of drug-likeness (QED) is 0.348. The number of nitrogens with two attached hydrogens (primary N) is 1. The van der Waals surface area contributed by atoms with Gasteiger partial charge in [-0.05, 0) is 25.3 Å². The second-order valence-corrected chi connectivity index (χ2v) is 9.30. The number of nitrogens with zero attached hydrogens (tertiary/aromatic N) is 5. The number of carbonyl (C=O) groups is 1. The van der Waals surface area contributed by atoms with Crippen LogP contribution in [0.15, 0.2) is 6.33 Å². The summed E-state index contributed by atoms with van der Waals surface area (Å²) in [6.45, 7) is 4.41. The summed E-state index contributed by atoms with van der Waals surface area (Å²) in [5, 5.41) is 13.4. The van der Waals surface area contributed by atoms with Gasteiger partial charge >= 0.3 is 14.1 Å². The average Bonchev–Trinajstić information content (AvgIpc) is 3.01. The molecule has 2 aromatic rings. The van der Waals surface area contributed by atoms with Crippen LogP contribution < -0.4 is 15.7 Å². The van der Waals surface area contributed by atoms with Crippen molar-refractivity contribution >= 4 is 37.1 Å². The molecular weight excluding hydrogens is 460 g/mol. The van der Waals surface area contributed by atoms with E-state index in [1.165, 1.54) is 17.8 Å². The lowest BCUT2D eigenvalue weighted by atomic mass is 9.97. The molecule has 180 valence electrons. The summed E-state index contributed by atoms with van der Waals surface area (Å²) < 4.78 is 45.5. The molecule has 2 unspecified atom stereocenters. The van der Waals surface area contributed by atoms with Crippen LogP contribution in [-0.2, 0) is 23.4 Å². The summed E-state index contributed by atoms with van der Waals surface area (Å²) in [5.41, 5.74) is 1.99. The molecule has 1 aliphatic carbocycles. The van der Waals surface area contributed by atoms with E-state index >= 15 is 4.39 Å². The molecule has 7 atom stereocenters. The third-order valence-corrected chi connectivity index (χ3v) is 6.82. The van der Waals surface area contributed by atoms with Crippen molar-refractivity contribution in [2.45, 2.75) is 56.5 Å². The Bertz CT molecular complexity index is 1110. The van der Waals surface area contributed by atoms with Crippen molar-refractivity contribution in [1.29, 1.82) is 0 Å². The molecule has 1 saturated carbocycles. The predicted octanol–water partition coefficient (Wildman–Crippen LogP) is 0.429. The number of nitrogen functional groups attached to an aromatic ring is 1. The summed E-state index contributed by atoms with van der Waals surface area (Å²) in [4.78, 5) is 25.9. The molecule has 2 fully saturated rings. The molecule has 1 saturated heterocycles. The van der Waals surface area contributed by atoms with Crippen LogP contribution in [0.25, 0.3) is 11.2 Å². The van der Waals surface area contributed by atoms with Crippen molar-refractivity contribution in [3.05, 3.63) is 6.33 Å². The molecule has 3 heterocycles. The summed E-state index contributed by atoms with van der Waals surface area (Å²) >= 11 is 0. The Labute approximate surface area is 189 Å². The number of aliphatic hydroxyl groups is 1. The molecule has 15 heteroatoms. The smallest absolute Gasteiger partial charge is 0.465 e. The maximum absolute atomic E-state index is 16.0. The van der Waals surface area contributed by atoms with Crippen LogP contribution in [0.3, 0.4) is 0 Å². The molecular formula is C18H26FN7O6P+. The zero-order valence-electron chi connectivity index (χ0n) is 18.7. The number of nitrogens with one attached hydrogen (secondary N) is 1. The van der Waals surface area contributed by atoms with E-state index < -0.39 is 49.9 Å². The highest BCUT2D eigenvalue weighted by Gasteiger charge is 2.86. The SMILES string of the molecule is CCOC(=O)[C@@H](C)N[P+](=O)OC1[C@H]2O[C@@H](n3cnc4c(N(C)C)nc(N)nc43)[C@](C)(F)[C@@]12O. The van der Waals surface area contributed by atoms with Gasteiger partial charge in [-0.15, -0.1) is 4.52 Å². The minimum absolute atomic E-state index is 0.0321. The van der Waals surface area contributed by atoms with Crippen LogP contribution in [-0.4, -0.2) is 80.8 Å². The van der Waals surface area contributed by atoms with Crippen LogP contribution in [0.1, 0.15) is 27.0 Å². The minimum atomic E-state index is -2.61. The Morgan fingerprint density at radius 3 is 2.79 bits per heavy atom. The summed E-state index contributed by atoms with van der Waals surface area (Å²) in [5.74, 6) is -0.204. The molecule has 0 spiro atoms. The Kier molecular flexibility index (Phi) is 5.78. The van der Waals surface area contributed by atoms with Gasteiger partial charge in [0, 0.05) is 14.1 Å². The van der Waals surface area contributed by atoms with Crippen LogP contribution in [0.4, 0.5) is 16.2 Å². The first-order valence-electron chi connectivity index (χ1n) is 10.2. The second kappa shape index (κ2) is 8.06. The van der Waals surface area contributed by atoms with Gasteiger partial charge in [-0.2, -0.15) is 9.97 Å². The average molecular weight is 486 g/mol. The lowest BCUT2D eigenvalue weighted by Crippen LogP contribution is -2.45. The highest BCUT2D eigenvalue weighted by molar-refractivity contribution is 7.36. The standard InChI is InChI=1S/C18H26FN7O6P/c1-6-30-14(27)8(2)24-33(29)32-11-10-18(11,28)17(3,19)15(31-10)26-7-21-9-12(25(4)5)22-16(20)23-13(9)26/h7-8,10-11,15,28H,6H2,1-5H3,(H,24,29)(H2,20,22,23)/q+1/t8-,10-,11?,15-,17+,18+/m1/s1. The fraction of sp³-hybridized carbons (Fsp3) is 0.667. The summed E-state index contributed by atoms with van der Waals surface area (Å²) in [6, 6.07) is -0.916. The molecule has 33 heavy (non-hydrogen) atoms. The number of rotatable bonds is 8. The lowest BCUT2D eigenvalue weighted by molar-refractivity contribution is -0.144. The molecule has 13 nitrogen and oxygen atoms in total. The van der Waals surface area contributed by atoms with Gasteiger partial charge in [0.25, 0.3) is 0 Å². The largest absolute Gasteiger partial charge is 0.614 e. The molecule has 4 rings (SSSR count). The Balaban J connectivity index is 1.52. The monoisotopic (exact) mass is 486 g/mol. The van der Waals surface area contributed by atoms with Gasteiger partial charge in [-0.25, -0.2) is 9.37 Å². The van der Waals surface area contributed by atoms with E-state index in [2.05, 4.69) is 20.0 Å². The molecule has 0 radical (unpaired) electrons. The molecule has 0 amide bonds. The summed E-state index contributed by atoms with van der Waals surface area (Å²) in [6.07, 6.45) is -2.27. The van der Waals surface area contributed by atoms with E-state index in [0.29, 0.717) is 11.3 Å². The van der Waals surface area contributed by atoms with Crippen LogP contribution in [0.5, 0.6) is 0 Å². The Morgan fingerprint density at radius 2 is 2.21 bits per heavy atom. The number of anilines is 2. The number of hydrogen-bond donors (Lipinski definition) is 3. The topological polar surface area (TPSA) is 167 Å². The predicted molar refractivity (Wildman–Crippen MR) is 114 cm³/mol. The number of hydrogen-bond acceptors (Lipinski definition) is 11. The lowest BCUT2D eigenvalue weighted by Gasteiger charge is -2.29. The number of carbonyl (C=O) groups excluding carboxylic acids is 1. The van der Waals surface area contributed by atoms with Crippen molar-refractivity contribution in [2.75, 3.05) is 31.3 Å². The van der Waals surface area contributed by atoms with Gasteiger partial charge in [0.2, 0.25) is 5.95 Å². The Morgan fingerprint density at radius 1 is 1.52 bits per heavy atom. The maximum Gasteiger partial charge on any atom is 0.614 e. The van der Waals surface area contributed by atoms with Crippen molar-refractivity contribution in [2.24, 2.45) is 0 Å². The van der Waals surface area contributed by atoms with Gasteiger partial charge in [0.15, 0.2) is 40.6 Å². The fourth-order valence-electron chi connectivity index (χ4n) is 3.99. The maximum atomic E-state index is 16.0. The van der Waals surface area contributed by atoms with Crippen LogP contribution in [0.2, 0.25) is 0 Å². The van der Waals surface area contributed by atoms with Gasteiger partial charge in [0.1, 0.15) is 12.1 Å². The van der Waals surface area contributed by atoms with Crippen LogP contribution in [0, 0.1) is 0 Å². The van der Waals surface area contributed by atoms with E-state index in [1.807, 2.05) is 0 Å². The normalized spacial score (nSPS) is 31.8. The molecule has 1 aliphatic heterocycles. The van der Waals surface area contributed by atoms with Gasteiger partial charge in [-0.3, -0.25) is 9.36 Å². The van der Waals surface area contributed by atoms with E-state index in [4.69, 9.17) is 19.7 Å². The zero-order chi connectivity index (χ0) is 24.3. The number of fused-ring (bicyclic) bond motifs is 2. The number of ether oxygens (including phenoxy) is 2. The number of imidazole rings is 1. The number of esters is 1. The molecule has 4 N–H and O–H groups in total.